The Balaban J connectivity index is 1.58. The smallest absolute Gasteiger partial charge is 0.269 e. The molecule has 0 atom stereocenters. The van der Waals surface area contributed by atoms with Gasteiger partial charge in [-0.05, 0) is 18.2 Å². The largest absolute Gasteiger partial charge is 0.306 e. The zero-order valence-electron chi connectivity index (χ0n) is 14.8. The number of halogens is 1. The van der Waals surface area contributed by atoms with Crippen LogP contribution >= 0.6 is 0 Å². The van der Waals surface area contributed by atoms with E-state index in [1.807, 2.05) is 11.0 Å². The number of fused-ring (bicyclic) bond motifs is 1. The van der Waals surface area contributed by atoms with E-state index in [4.69, 9.17) is 0 Å². The first-order chi connectivity index (χ1) is 13.5. The Hall–Kier alpha value is -3.46. The number of benzene rings is 1. The fourth-order valence-corrected chi connectivity index (χ4v) is 3.29. The summed E-state index contributed by atoms with van der Waals surface area (Å²) in [5.74, 6) is -0.0367. The Morgan fingerprint density at radius 1 is 1.32 bits per heavy atom. The quantitative estimate of drug-likeness (QED) is 0.550. The number of nitrogens with one attached hydrogen (secondary N) is 1. The maximum Gasteiger partial charge on any atom is 0.269 e. The molecule has 1 N–H and O–H groups in total. The number of aromatic nitrogens is 3. The van der Waals surface area contributed by atoms with Crippen molar-refractivity contribution >= 4 is 5.69 Å². The molecule has 1 aromatic carbocycles. The lowest BCUT2D eigenvalue weighted by molar-refractivity contribution is -0.385. The van der Waals surface area contributed by atoms with E-state index in [9.17, 15) is 19.3 Å². The molecule has 0 aliphatic carbocycles. The number of hydrogen-bond donors (Lipinski definition) is 1. The zero-order valence-corrected chi connectivity index (χ0v) is 14.8. The Kier molecular flexibility index (Phi) is 4.66. The Bertz CT molecular complexity index is 1100. The highest BCUT2D eigenvalue weighted by molar-refractivity contribution is 5.53. The van der Waals surface area contributed by atoms with Crippen LogP contribution in [0.5, 0.6) is 0 Å². The van der Waals surface area contributed by atoms with Crippen molar-refractivity contribution < 1.29 is 9.31 Å². The van der Waals surface area contributed by atoms with E-state index in [-0.39, 0.29) is 23.4 Å². The molecule has 142 valence electrons. The third kappa shape index (κ3) is 3.52. The normalized spacial score (nSPS) is 13.9. The van der Waals surface area contributed by atoms with E-state index in [1.54, 1.807) is 18.5 Å². The summed E-state index contributed by atoms with van der Waals surface area (Å²) >= 11 is 0. The Labute approximate surface area is 158 Å². The van der Waals surface area contributed by atoms with E-state index in [2.05, 4.69) is 15.0 Å². The van der Waals surface area contributed by atoms with Crippen molar-refractivity contribution in [2.45, 2.75) is 19.5 Å². The summed E-state index contributed by atoms with van der Waals surface area (Å²) in [5, 5.41) is 10.9. The molecule has 4 rings (SSSR count). The summed E-state index contributed by atoms with van der Waals surface area (Å²) in [6.45, 7) is 1.04. The highest BCUT2D eigenvalue weighted by Crippen LogP contribution is 2.22. The van der Waals surface area contributed by atoms with Gasteiger partial charge in [-0.2, -0.15) is 0 Å². The van der Waals surface area contributed by atoms with Crippen LogP contribution in [0.2, 0.25) is 0 Å². The van der Waals surface area contributed by atoms with E-state index in [0.717, 1.165) is 17.7 Å². The molecule has 1 aliphatic heterocycles. The number of non-ortho nitro benzene ring substituents is 1. The highest BCUT2D eigenvalue weighted by Gasteiger charge is 2.23. The molecule has 0 amide bonds. The van der Waals surface area contributed by atoms with Gasteiger partial charge in [0.1, 0.15) is 11.6 Å². The molecule has 0 unspecified atom stereocenters. The van der Waals surface area contributed by atoms with E-state index in [0.29, 0.717) is 36.6 Å². The van der Waals surface area contributed by atoms with Crippen molar-refractivity contribution in [2.24, 2.45) is 0 Å². The maximum absolute atomic E-state index is 14.1. The zero-order chi connectivity index (χ0) is 19.7. The molecular formula is C19H16FN5O3. The van der Waals surface area contributed by atoms with Crippen LogP contribution in [0.1, 0.15) is 16.8 Å². The van der Waals surface area contributed by atoms with Gasteiger partial charge in [-0.15, -0.1) is 0 Å². The molecular weight excluding hydrogens is 365 g/mol. The van der Waals surface area contributed by atoms with Crippen molar-refractivity contribution in [3.63, 3.8) is 0 Å². The average molecular weight is 381 g/mol. The van der Waals surface area contributed by atoms with Crippen molar-refractivity contribution in [1.82, 2.24) is 19.9 Å². The van der Waals surface area contributed by atoms with Crippen LogP contribution in [0.4, 0.5) is 10.1 Å². The van der Waals surface area contributed by atoms with Gasteiger partial charge in [-0.3, -0.25) is 24.8 Å². The van der Waals surface area contributed by atoms with Crippen molar-refractivity contribution in [2.75, 3.05) is 6.54 Å². The predicted molar refractivity (Wildman–Crippen MR) is 99.0 cm³/mol. The number of nitrogens with zero attached hydrogens (tertiary/aromatic N) is 4. The third-order valence-electron chi connectivity index (χ3n) is 4.72. The lowest BCUT2D eigenvalue weighted by atomic mass is 10.1. The number of nitro groups is 1. The minimum absolute atomic E-state index is 0.158. The molecule has 28 heavy (non-hydrogen) atoms. The van der Waals surface area contributed by atoms with Gasteiger partial charge in [0.2, 0.25) is 0 Å². The molecule has 8 nitrogen and oxygen atoms in total. The van der Waals surface area contributed by atoms with Crippen molar-refractivity contribution in [3.05, 3.63) is 85.8 Å². The number of aromatic amines is 1. The average Bonchev–Trinajstić information content (AvgIpc) is 2.70. The second kappa shape index (κ2) is 7.28. The molecule has 2 aromatic heterocycles. The first kappa shape index (κ1) is 17.9. The van der Waals surface area contributed by atoms with E-state index in [1.165, 1.54) is 6.07 Å². The third-order valence-corrected chi connectivity index (χ3v) is 4.72. The predicted octanol–water partition coefficient (Wildman–Crippen LogP) is 2.44. The van der Waals surface area contributed by atoms with Crippen LogP contribution in [0.3, 0.4) is 0 Å². The molecule has 3 aromatic rings. The number of rotatable bonds is 4. The monoisotopic (exact) mass is 381 g/mol. The lowest BCUT2D eigenvalue weighted by Gasteiger charge is -2.27. The number of H-pyrrole nitrogens is 1. The molecule has 0 radical (unpaired) electrons. The summed E-state index contributed by atoms with van der Waals surface area (Å²) in [5.41, 5.74) is 1.79. The summed E-state index contributed by atoms with van der Waals surface area (Å²) in [4.78, 5) is 36.2. The van der Waals surface area contributed by atoms with Crippen molar-refractivity contribution in [3.8, 4) is 11.4 Å². The molecule has 0 saturated carbocycles. The first-order valence-corrected chi connectivity index (χ1v) is 8.69. The molecule has 3 heterocycles. The molecule has 0 saturated heterocycles. The van der Waals surface area contributed by atoms with Gasteiger partial charge in [0.05, 0.1) is 16.2 Å². The molecule has 0 fully saturated rings. The standard InChI is InChI=1S/C19H16FN5O3/c20-16-4-3-14(25(27)28)8-13(16)10-24-7-5-17-15(11-24)19(26)23-18(22-17)12-2-1-6-21-9-12/h1-4,6,8-9H,5,7,10-11H2,(H,22,23,26). The molecule has 0 spiro atoms. The summed E-state index contributed by atoms with van der Waals surface area (Å²) in [7, 11) is 0. The van der Waals surface area contributed by atoms with E-state index >= 15 is 0 Å². The van der Waals surface area contributed by atoms with Gasteiger partial charge in [0, 0.05) is 61.7 Å². The van der Waals surface area contributed by atoms with Crippen molar-refractivity contribution in [1.29, 1.82) is 0 Å². The van der Waals surface area contributed by atoms with Crippen LogP contribution in [0.15, 0.2) is 47.5 Å². The highest BCUT2D eigenvalue weighted by atomic mass is 19.1. The second-order valence-corrected chi connectivity index (χ2v) is 6.57. The summed E-state index contributed by atoms with van der Waals surface area (Å²) in [6.07, 6.45) is 3.80. The van der Waals surface area contributed by atoms with Gasteiger partial charge >= 0.3 is 0 Å². The van der Waals surface area contributed by atoms with Gasteiger partial charge in [0.15, 0.2) is 0 Å². The van der Waals surface area contributed by atoms with Gasteiger partial charge in [0.25, 0.3) is 11.2 Å². The number of nitro benzene ring substituents is 1. The van der Waals surface area contributed by atoms with Crippen LogP contribution in [-0.2, 0) is 19.5 Å². The fourth-order valence-electron chi connectivity index (χ4n) is 3.29. The maximum atomic E-state index is 14.1. The second-order valence-electron chi connectivity index (χ2n) is 6.57. The summed E-state index contributed by atoms with van der Waals surface area (Å²) in [6, 6.07) is 7.06. The molecule has 9 heteroatoms. The van der Waals surface area contributed by atoms with Crippen LogP contribution in [0, 0.1) is 15.9 Å². The first-order valence-electron chi connectivity index (χ1n) is 8.69. The fraction of sp³-hybridized carbons (Fsp3) is 0.211. The minimum Gasteiger partial charge on any atom is -0.306 e. The topological polar surface area (TPSA) is 105 Å². The van der Waals surface area contributed by atoms with Crippen LogP contribution in [-0.4, -0.2) is 31.3 Å². The van der Waals surface area contributed by atoms with Crippen LogP contribution < -0.4 is 5.56 Å². The number of hydrogen-bond acceptors (Lipinski definition) is 6. The lowest BCUT2D eigenvalue weighted by Crippen LogP contribution is -2.35. The van der Waals surface area contributed by atoms with Gasteiger partial charge in [-0.25, -0.2) is 9.37 Å². The van der Waals surface area contributed by atoms with E-state index < -0.39 is 10.7 Å². The Morgan fingerprint density at radius 2 is 2.18 bits per heavy atom. The summed E-state index contributed by atoms with van der Waals surface area (Å²) < 4.78 is 14.1. The van der Waals surface area contributed by atoms with Gasteiger partial charge < -0.3 is 4.98 Å². The SMILES string of the molecule is O=c1[nH]c(-c2cccnc2)nc2c1CN(Cc1cc([N+](=O)[O-])ccc1F)CC2. The minimum atomic E-state index is -0.553. The Morgan fingerprint density at radius 3 is 2.93 bits per heavy atom. The van der Waals surface area contributed by atoms with Crippen LogP contribution in [0.25, 0.3) is 11.4 Å². The molecule has 1 aliphatic rings. The number of pyridine rings is 1. The molecule has 0 bridgehead atoms. The van der Waals surface area contributed by atoms with Gasteiger partial charge in [-0.1, -0.05) is 0 Å².